The average molecular weight is 394 g/mol. The van der Waals surface area contributed by atoms with Gasteiger partial charge in [0.15, 0.2) is 0 Å². The maximum Gasteiger partial charge on any atom is 0.305 e. The van der Waals surface area contributed by atoms with Crippen LogP contribution in [0.25, 0.3) is 0 Å². The SMILES string of the molecule is CCCCCCCCCCCCCC(=O)OCCOCC[N+](C)(C)C.[Cl-]. The number of hydrogen-bond donors (Lipinski definition) is 0. The Morgan fingerprint density at radius 2 is 1.23 bits per heavy atom. The molecule has 0 bridgehead atoms. The summed E-state index contributed by atoms with van der Waals surface area (Å²) >= 11 is 0. The van der Waals surface area contributed by atoms with Gasteiger partial charge in [0, 0.05) is 6.42 Å². The molecule has 0 aliphatic carbocycles. The highest BCUT2D eigenvalue weighted by Crippen LogP contribution is 2.12. The number of likely N-dealkylation sites (N-methyl/N-ethyl adjacent to an activating group) is 1. The summed E-state index contributed by atoms with van der Waals surface area (Å²) in [5, 5.41) is 0. The van der Waals surface area contributed by atoms with Gasteiger partial charge in [0.25, 0.3) is 0 Å². The molecule has 0 aromatic rings. The number of halogens is 1. The minimum atomic E-state index is -0.0777. The van der Waals surface area contributed by atoms with E-state index in [1.54, 1.807) is 0 Å². The molecule has 0 aromatic carbocycles. The molecule has 0 fully saturated rings. The maximum atomic E-state index is 11.6. The van der Waals surface area contributed by atoms with E-state index in [9.17, 15) is 4.79 Å². The van der Waals surface area contributed by atoms with Crippen molar-refractivity contribution in [2.45, 2.75) is 84.0 Å². The fourth-order valence-electron chi connectivity index (χ4n) is 2.66. The Morgan fingerprint density at radius 3 is 1.73 bits per heavy atom. The molecule has 0 atom stereocenters. The second kappa shape index (κ2) is 19.4. The third kappa shape index (κ3) is 23.7. The van der Waals surface area contributed by atoms with Crippen molar-refractivity contribution in [2.24, 2.45) is 0 Å². The van der Waals surface area contributed by atoms with Gasteiger partial charge in [0.2, 0.25) is 0 Å². The van der Waals surface area contributed by atoms with E-state index >= 15 is 0 Å². The zero-order chi connectivity index (χ0) is 18.8. The van der Waals surface area contributed by atoms with E-state index in [2.05, 4.69) is 28.1 Å². The van der Waals surface area contributed by atoms with E-state index in [-0.39, 0.29) is 18.4 Å². The van der Waals surface area contributed by atoms with Crippen molar-refractivity contribution in [1.82, 2.24) is 0 Å². The van der Waals surface area contributed by atoms with Crippen LogP contribution in [0.2, 0.25) is 0 Å². The summed E-state index contributed by atoms with van der Waals surface area (Å²) in [5.74, 6) is -0.0777. The number of quaternary nitrogens is 1. The fourth-order valence-corrected chi connectivity index (χ4v) is 2.66. The smallest absolute Gasteiger partial charge is 0.305 e. The summed E-state index contributed by atoms with van der Waals surface area (Å²) in [6.07, 6.45) is 14.8. The molecule has 0 aliphatic rings. The molecule has 0 amide bonds. The van der Waals surface area contributed by atoms with Crippen molar-refractivity contribution >= 4 is 5.97 Å². The molecule has 0 heterocycles. The van der Waals surface area contributed by atoms with Gasteiger partial charge in [-0.2, -0.15) is 0 Å². The van der Waals surface area contributed by atoms with Crippen LogP contribution in [-0.4, -0.2) is 58.0 Å². The van der Waals surface area contributed by atoms with Gasteiger partial charge in [-0.15, -0.1) is 0 Å². The van der Waals surface area contributed by atoms with Gasteiger partial charge in [-0.1, -0.05) is 71.1 Å². The predicted octanol–water partition coefficient (Wildman–Crippen LogP) is 1.96. The van der Waals surface area contributed by atoms with Gasteiger partial charge in [-0.05, 0) is 6.42 Å². The van der Waals surface area contributed by atoms with Crippen LogP contribution in [0, 0.1) is 0 Å². The predicted molar refractivity (Wildman–Crippen MR) is 106 cm³/mol. The normalized spacial score (nSPS) is 11.2. The third-order valence-corrected chi connectivity index (χ3v) is 4.38. The Labute approximate surface area is 169 Å². The first-order chi connectivity index (χ1) is 12.0. The Kier molecular flexibility index (Phi) is 20.9. The summed E-state index contributed by atoms with van der Waals surface area (Å²) in [5.41, 5.74) is 0. The Bertz CT molecular complexity index is 306. The van der Waals surface area contributed by atoms with E-state index in [1.807, 2.05) is 0 Å². The second-order valence-electron chi connectivity index (χ2n) is 8.13. The average Bonchev–Trinajstić information content (AvgIpc) is 2.55. The summed E-state index contributed by atoms with van der Waals surface area (Å²) in [6.45, 7) is 4.82. The highest BCUT2D eigenvalue weighted by molar-refractivity contribution is 5.69. The Morgan fingerprint density at radius 1 is 0.731 bits per heavy atom. The summed E-state index contributed by atoms with van der Waals surface area (Å²) < 4.78 is 11.6. The van der Waals surface area contributed by atoms with Gasteiger partial charge in [0.1, 0.15) is 13.2 Å². The molecule has 158 valence electrons. The highest BCUT2D eigenvalue weighted by atomic mass is 35.5. The number of rotatable bonds is 18. The maximum absolute atomic E-state index is 11.6. The first-order valence-electron chi connectivity index (χ1n) is 10.5. The van der Waals surface area contributed by atoms with Gasteiger partial charge in [-0.25, -0.2) is 0 Å². The van der Waals surface area contributed by atoms with Crippen LogP contribution in [0.15, 0.2) is 0 Å². The van der Waals surface area contributed by atoms with Crippen LogP contribution in [0.5, 0.6) is 0 Å². The van der Waals surface area contributed by atoms with Gasteiger partial charge in [0.05, 0.1) is 34.4 Å². The van der Waals surface area contributed by atoms with Crippen molar-refractivity contribution in [3.63, 3.8) is 0 Å². The van der Waals surface area contributed by atoms with Gasteiger partial charge < -0.3 is 26.4 Å². The number of unbranched alkanes of at least 4 members (excludes halogenated alkanes) is 10. The van der Waals surface area contributed by atoms with Gasteiger partial charge in [-0.3, -0.25) is 4.79 Å². The lowest BCUT2D eigenvalue weighted by Crippen LogP contribution is -3.00. The van der Waals surface area contributed by atoms with Crippen LogP contribution in [0.3, 0.4) is 0 Å². The lowest BCUT2D eigenvalue weighted by atomic mass is 10.1. The second-order valence-corrected chi connectivity index (χ2v) is 8.13. The molecule has 0 N–H and O–H groups in total. The minimum absolute atomic E-state index is 0. The van der Waals surface area contributed by atoms with Crippen molar-refractivity contribution < 1.29 is 31.2 Å². The van der Waals surface area contributed by atoms with Crippen molar-refractivity contribution in [2.75, 3.05) is 47.5 Å². The number of carbonyl (C=O) groups is 1. The van der Waals surface area contributed by atoms with E-state index in [4.69, 9.17) is 9.47 Å². The van der Waals surface area contributed by atoms with Gasteiger partial charge >= 0.3 is 5.97 Å². The molecule has 0 radical (unpaired) electrons. The molecule has 26 heavy (non-hydrogen) atoms. The highest BCUT2D eigenvalue weighted by Gasteiger charge is 2.06. The van der Waals surface area contributed by atoms with E-state index in [0.29, 0.717) is 26.2 Å². The number of hydrogen-bond acceptors (Lipinski definition) is 3. The summed E-state index contributed by atoms with van der Waals surface area (Å²) in [4.78, 5) is 11.6. The van der Waals surface area contributed by atoms with Crippen LogP contribution in [0.4, 0.5) is 0 Å². The third-order valence-electron chi connectivity index (χ3n) is 4.38. The standard InChI is InChI=1S/C21H44NO3.ClH/c1-5-6-7-8-9-10-11-12-13-14-15-16-21(23)25-20-19-24-18-17-22(2,3)4;/h5-20H2,1-4H3;1H/q+1;/p-1. The summed E-state index contributed by atoms with van der Waals surface area (Å²) in [6, 6.07) is 0. The zero-order valence-electron chi connectivity index (χ0n) is 17.9. The molecule has 0 unspecified atom stereocenters. The Balaban J connectivity index is 0. The zero-order valence-corrected chi connectivity index (χ0v) is 18.6. The quantitative estimate of drug-likeness (QED) is 0.203. The van der Waals surface area contributed by atoms with Crippen LogP contribution in [0.1, 0.15) is 84.0 Å². The van der Waals surface area contributed by atoms with E-state index in [1.165, 1.54) is 57.8 Å². The lowest BCUT2D eigenvalue weighted by Gasteiger charge is -2.23. The van der Waals surface area contributed by atoms with Crippen molar-refractivity contribution in [1.29, 1.82) is 0 Å². The largest absolute Gasteiger partial charge is 1.00 e. The molecule has 4 nitrogen and oxygen atoms in total. The van der Waals surface area contributed by atoms with E-state index < -0.39 is 0 Å². The number of ether oxygens (including phenoxy) is 2. The minimum Gasteiger partial charge on any atom is -1.00 e. The molecule has 0 spiro atoms. The first kappa shape index (κ1) is 27.9. The molecule has 0 saturated heterocycles. The van der Waals surface area contributed by atoms with E-state index in [0.717, 1.165) is 23.9 Å². The molecular formula is C21H44ClNO3. The summed E-state index contributed by atoms with van der Waals surface area (Å²) in [7, 11) is 6.41. The van der Waals surface area contributed by atoms with Crippen LogP contribution >= 0.6 is 0 Å². The number of carbonyl (C=O) groups excluding carboxylic acids is 1. The van der Waals surface area contributed by atoms with Crippen molar-refractivity contribution in [3.05, 3.63) is 0 Å². The molecule has 0 saturated carbocycles. The van der Waals surface area contributed by atoms with Crippen molar-refractivity contribution in [3.8, 4) is 0 Å². The molecule has 5 heteroatoms. The Hall–Kier alpha value is -0.320. The number of nitrogens with zero attached hydrogens (tertiary/aromatic N) is 1. The fraction of sp³-hybridized carbons (Fsp3) is 0.952. The number of esters is 1. The monoisotopic (exact) mass is 393 g/mol. The first-order valence-corrected chi connectivity index (χ1v) is 10.5. The molecule has 0 aromatic heterocycles. The molecular weight excluding hydrogens is 350 g/mol. The lowest BCUT2D eigenvalue weighted by molar-refractivity contribution is -0.870. The van der Waals surface area contributed by atoms with Crippen LogP contribution < -0.4 is 12.4 Å². The van der Waals surface area contributed by atoms with Crippen LogP contribution in [-0.2, 0) is 14.3 Å². The molecule has 0 rings (SSSR count). The molecule has 0 aliphatic heterocycles. The topological polar surface area (TPSA) is 35.5 Å².